The van der Waals surface area contributed by atoms with Crippen LogP contribution in [0.5, 0.6) is 0 Å². The molecule has 1 aliphatic rings. The van der Waals surface area contributed by atoms with E-state index in [4.69, 9.17) is 14.2 Å². The summed E-state index contributed by atoms with van der Waals surface area (Å²) in [5, 5.41) is 20.0. The van der Waals surface area contributed by atoms with Crippen LogP contribution in [0.1, 0.15) is 27.2 Å². The van der Waals surface area contributed by atoms with Crippen LogP contribution in [-0.4, -0.2) is 58.6 Å². The first-order valence-corrected chi connectivity index (χ1v) is 7.46. The van der Waals surface area contributed by atoms with Gasteiger partial charge in [0, 0.05) is 26.3 Å². The molecule has 0 fully saturated rings. The number of ether oxygens (including phenoxy) is 3. The number of esters is 3. The third-order valence-corrected chi connectivity index (χ3v) is 3.24. The molecule has 8 heteroatoms. The molecular weight excluding hydrogens is 320 g/mol. The first-order chi connectivity index (χ1) is 11.2. The molecule has 0 radical (unpaired) electrons. The molecule has 0 spiro atoms. The van der Waals surface area contributed by atoms with Crippen LogP contribution >= 0.6 is 0 Å². The first kappa shape index (κ1) is 19.9. The lowest BCUT2D eigenvalue weighted by Crippen LogP contribution is -2.40. The van der Waals surface area contributed by atoms with Crippen LogP contribution < -0.4 is 0 Å². The van der Waals surface area contributed by atoms with Crippen molar-refractivity contribution in [1.82, 2.24) is 0 Å². The van der Waals surface area contributed by atoms with E-state index in [0.29, 0.717) is 0 Å². The van der Waals surface area contributed by atoms with Crippen molar-refractivity contribution in [2.24, 2.45) is 0 Å². The number of hydrogen-bond donors (Lipinski definition) is 2. The van der Waals surface area contributed by atoms with Gasteiger partial charge in [0.25, 0.3) is 0 Å². The summed E-state index contributed by atoms with van der Waals surface area (Å²) in [6.07, 6.45) is 0.269. The molecule has 1 heterocycles. The highest BCUT2D eigenvalue weighted by atomic mass is 16.6. The van der Waals surface area contributed by atoms with Crippen molar-refractivity contribution in [1.29, 1.82) is 0 Å². The maximum Gasteiger partial charge on any atom is 0.330 e. The molecule has 0 bridgehead atoms. The summed E-state index contributed by atoms with van der Waals surface area (Å²) < 4.78 is 14.9. The van der Waals surface area contributed by atoms with Gasteiger partial charge in [-0.3, -0.25) is 9.59 Å². The summed E-state index contributed by atoms with van der Waals surface area (Å²) >= 11 is 0. The maximum absolute atomic E-state index is 11.2. The third-order valence-electron chi connectivity index (χ3n) is 3.24. The first-order valence-electron chi connectivity index (χ1n) is 7.46. The number of rotatable bonds is 7. The molecule has 0 aromatic rings. The van der Waals surface area contributed by atoms with Crippen LogP contribution in [-0.2, 0) is 28.6 Å². The van der Waals surface area contributed by atoms with Crippen LogP contribution in [0.25, 0.3) is 0 Å². The molecule has 0 unspecified atom stereocenters. The lowest BCUT2D eigenvalue weighted by molar-refractivity contribution is -0.160. The Morgan fingerprint density at radius 2 is 1.88 bits per heavy atom. The number of carbonyl (C=O) groups excluding carboxylic acids is 3. The zero-order valence-electron chi connectivity index (χ0n) is 13.7. The van der Waals surface area contributed by atoms with Crippen molar-refractivity contribution in [2.75, 3.05) is 0 Å². The van der Waals surface area contributed by atoms with Gasteiger partial charge in [0.15, 0.2) is 6.10 Å². The summed E-state index contributed by atoms with van der Waals surface area (Å²) in [6.45, 7) is 3.94. The molecule has 0 saturated heterocycles. The Morgan fingerprint density at radius 3 is 2.42 bits per heavy atom. The van der Waals surface area contributed by atoms with Gasteiger partial charge in [-0.05, 0) is 13.0 Å². The van der Waals surface area contributed by atoms with Gasteiger partial charge in [-0.1, -0.05) is 12.2 Å². The van der Waals surface area contributed by atoms with E-state index < -0.39 is 48.4 Å². The molecule has 134 valence electrons. The Balaban J connectivity index is 2.72. The minimum Gasteiger partial charge on any atom is -0.459 e. The van der Waals surface area contributed by atoms with Gasteiger partial charge in [0.2, 0.25) is 0 Å². The fourth-order valence-corrected chi connectivity index (χ4v) is 2.11. The topological polar surface area (TPSA) is 119 Å². The van der Waals surface area contributed by atoms with E-state index in [1.165, 1.54) is 39.0 Å². The Labute approximate surface area is 139 Å². The lowest BCUT2D eigenvalue weighted by Gasteiger charge is -2.26. The van der Waals surface area contributed by atoms with Crippen molar-refractivity contribution in [3.05, 3.63) is 24.3 Å². The molecule has 5 atom stereocenters. The second-order valence-electron chi connectivity index (χ2n) is 5.37. The maximum atomic E-state index is 11.2. The highest BCUT2D eigenvalue weighted by Gasteiger charge is 2.29. The standard InChI is InChI=1S/C16H22O8/c1-9(22-10(2)17)13(23-11(3)18)8-7-12(19)16(21)14-5-4-6-15(20)24-14/h4,6-9,12-14,16,19,21H,5H2,1-3H3/b8-7+/t9-,12+,13+,14-,16+/m1/s1. The van der Waals surface area contributed by atoms with E-state index in [9.17, 15) is 24.6 Å². The molecule has 2 N–H and O–H groups in total. The number of hydrogen-bond acceptors (Lipinski definition) is 8. The zero-order chi connectivity index (χ0) is 18.3. The van der Waals surface area contributed by atoms with Gasteiger partial charge in [0.1, 0.15) is 24.4 Å². The summed E-state index contributed by atoms with van der Waals surface area (Å²) in [6, 6.07) is 0. The lowest BCUT2D eigenvalue weighted by atomic mass is 10.0. The van der Waals surface area contributed by atoms with Crippen molar-refractivity contribution < 1.29 is 38.8 Å². The molecule has 1 aliphatic heterocycles. The average Bonchev–Trinajstić information content (AvgIpc) is 2.49. The fraction of sp³-hybridized carbons (Fsp3) is 0.562. The molecular formula is C16H22O8. The predicted octanol–water partition coefficient (Wildman–Crippen LogP) is 0.0194. The number of cyclic esters (lactones) is 1. The van der Waals surface area contributed by atoms with E-state index in [2.05, 4.69) is 0 Å². The molecule has 0 aromatic heterocycles. The van der Waals surface area contributed by atoms with Crippen LogP contribution in [0.2, 0.25) is 0 Å². The highest BCUT2D eigenvalue weighted by molar-refractivity contribution is 5.82. The van der Waals surface area contributed by atoms with Gasteiger partial charge in [0.05, 0.1) is 0 Å². The molecule has 8 nitrogen and oxygen atoms in total. The Hall–Kier alpha value is -2.19. The average molecular weight is 342 g/mol. The van der Waals surface area contributed by atoms with E-state index >= 15 is 0 Å². The SMILES string of the molecule is CC(=O)O[C@@H](/C=C/[C@H](O)[C@H](O)[C@H]1CC=CC(=O)O1)[C@@H](C)OC(C)=O. The molecule has 0 saturated carbocycles. The van der Waals surface area contributed by atoms with E-state index in [0.717, 1.165) is 0 Å². The van der Waals surface area contributed by atoms with Gasteiger partial charge in [-0.15, -0.1) is 0 Å². The normalized spacial score (nSPS) is 22.4. The van der Waals surface area contributed by atoms with Gasteiger partial charge in [-0.2, -0.15) is 0 Å². The van der Waals surface area contributed by atoms with E-state index in [-0.39, 0.29) is 6.42 Å². The van der Waals surface area contributed by atoms with Crippen LogP contribution in [0.3, 0.4) is 0 Å². The van der Waals surface area contributed by atoms with Crippen LogP contribution in [0.4, 0.5) is 0 Å². The second kappa shape index (κ2) is 9.19. The number of carbonyl (C=O) groups is 3. The Morgan fingerprint density at radius 1 is 1.25 bits per heavy atom. The fourth-order valence-electron chi connectivity index (χ4n) is 2.11. The second-order valence-corrected chi connectivity index (χ2v) is 5.37. The third kappa shape index (κ3) is 6.51. The summed E-state index contributed by atoms with van der Waals surface area (Å²) in [5.74, 6) is -1.73. The number of aliphatic hydroxyl groups excluding tert-OH is 2. The molecule has 24 heavy (non-hydrogen) atoms. The predicted molar refractivity (Wildman–Crippen MR) is 81.6 cm³/mol. The van der Waals surface area contributed by atoms with Gasteiger partial charge in [-0.25, -0.2) is 4.79 Å². The summed E-state index contributed by atoms with van der Waals surface area (Å²) in [7, 11) is 0. The van der Waals surface area contributed by atoms with E-state index in [1.54, 1.807) is 6.08 Å². The van der Waals surface area contributed by atoms with Crippen LogP contribution in [0, 0.1) is 0 Å². The summed E-state index contributed by atoms with van der Waals surface area (Å²) in [5.41, 5.74) is 0. The van der Waals surface area contributed by atoms with Gasteiger partial charge < -0.3 is 24.4 Å². The highest BCUT2D eigenvalue weighted by Crippen LogP contribution is 2.16. The Kier molecular flexibility index (Phi) is 7.60. The number of aliphatic hydroxyl groups is 2. The monoisotopic (exact) mass is 342 g/mol. The Bertz CT molecular complexity index is 524. The van der Waals surface area contributed by atoms with Gasteiger partial charge >= 0.3 is 17.9 Å². The molecule has 0 amide bonds. The molecule has 1 rings (SSSR count). The largest absolute Gasteiger partial charge is 0.459 e. The quantitative estimate of drug-likeness (QED) is 0.377. The smallest absolute Gasteiger partial charge is 0.330 e. The van der Waals surface area contributed by atoms with Crippen molar-refractivity contribution >= 4 is 17.9 Å². The van der Waals surface area contributed by atoms with Crippen molar-refractivity contribution in [3.8, 4) is 0 Å². The minimum atomic E-state index is -1.36. The minimum absolute atomic E-state index is 0.273. The molecule has 0 aliphatic carbocycles. The van der Waals surface area contributed by atoms with Crippen LogP contribution in [0.15, 0.2) is 24.3 Å². The van der Waals surface area contributed by atoms with Crippen molar-refractivity contribution in [2.45, 2.75) is 57.7 Å². The molecule has 0 aromatic carbocycles. The van der Waals surface area contributed by atoms with E-state index in [1.807, 2.05) is 0 Å². The van der Waals surface area contributed by atoms with Crippen molar-refractivity contribution in [3.63, 3.8) is 0 Å². The zero-order valence-corrected chi connectivity index (χ0v) is 13.7. The summed E-state index contributed by atoms with van der Waals surface area (Å²) in [4.78, 5) is 33.3.